The lowest BCUT2D eigenvalue weighted by Crippen LogP contribution is -2.42. The van der Waals surface area contributed by atoms with Gasteiger partial charge in [-0.15, -0.1) is 0 Å². The Morgan fingerprint density at radius 3 is 2.61 bits per heavy atom. The molecule has 0 aromatic heterocycles. The quantitative estimate of drug-likeness (QED) is 0.544. The molecule has 2 aliphatic carbocycles. The summed E-state index contributed by atoms with van der Waals surface area (Å²) in [5, 5.41) is 24.2. The number of esters is 1. The Morgan fingerprint density at radius 2 is 1.93 bits per heavy atom. The van der Waals surface area contributed by atoms with E-state index in [1.807, 2.05) is 6.92 Å². The van der Waals surface area contributed by atoms with Crippen molar-refractivity contribution in [1.29, 1.82) is 0 Å². The molecule has 2 aromatic rings. The van der Waals surface area contributed by atoms with Crippen LogP contribution in [0.1, 0.15) is 43.0 Å². The number of phenols is 2. The lowest BCUT2D eigenvalue weighted by molar-refractivity contribution is -0.125. The van der Waals surface area contributed by atoms with Crippen molar-refractivity contribution in [2.24, 2.45) is 17.8 Å². The second kappa shape index (κ2) is 7.34. The molecule has 148 valence electrons. The zero-order valence-electron chi connectivity index (χ0n) is 15.9. The molecule has 0 radical (unpaired) electrons. The molecule has 1 amide bonds. The van der Waals surface area contributed by atoms with Gasteiger partial charge < -0.3 is 20.3 Å². The maximum atomic E-state index is 12.3. The maximum Gasteiger partial charge on any atom is 0.342 e. The number of ether oxygens (including phenoxy) is 1. The van der Waals surface area contributed by atoms with Gasteiger partial charge in [0.15, 0.2) is 6.61 Å². The van der Waals surface area contributed by atoms with E-state index in [0.717, 1.165) is 18.4 Å². The highest BCUT2D eigenvalue weighted by molar-refractivity contribution is 6.04. The van der Waals surface area contributed by atoms with E-state index in [1.54, 1.807) is 24.3 Å². The third-order valence-corrected chi connectivity index (χ3v) is 6.37. The first-order valence-corrected chi connectivity index (χ1v) is 9.84. The SMILES string of the molecule is C[C@H](NC(=O)COC(=O)c1cc(O)c2ccccc2c1O)[C@@H]1C[C@H]2CC[C@H]1C2. The molecule has 0 heterocycles. The van der Waals surface area contributed by atoms with Crippen LogP contribution in [0.3, 0.4) is 0 Å². The highest BCUT2D eigenvalue weighted by Crippen LogP contribution is 2.49. The molecule has 28 heavy (non-hydrogen) atoms. The molecule has 6 heteroatoms. The van der Waals surface area contributed by atoms with Crippen molar-refractivity contribution in [1.82, 2.24) is 5.32 Å². The average Bonchev–Trinajstić information content (AvgIpc) is 3.32. The van der Waals surface area contributed by atoms with Gasteiger partial charge in [-0.3, -0.25) is 4.79 Å². The van der Waals surface area contributed by atoms with Crippen LogP contribution in [0.15, 0.2) is 30.3 Å². The van der Waals surface area contributed by atoms with Crippen molar-refractivity contribution in [2.75, 3.05) is 6.61 Å². The minimum Gasteiger partial charge on any atom is -0.507 e. The van der Waals surface area contributed by atoms with Crippen LogP contribution < -0.4 is 5.32 Å². The minimum absolute atomic E-state index is 0.0552. The van der Waals surface area contributed by atoms with Gasteiger partial charge in [0.05, 0.1) is 0 Å². The molecule has 6 nitrogen and oxygen atoms in total. The molecule has 4 rings (SSSR count). The number of rotatable bonds is 5. The Kier molecular flexibility index (Phi) is 4.87. The van der Waals surface area contributed by atoms with Crippen molar-refractivity contribution < 1.29 is 24.5 Å². The number of nitrogens with one attached hydrogen (secondary N) is 1. The highest BCUT2D eigenvalue weighted by atomic mass is 16.5. The van der Waals surface area contributed by atoms with E-state index in [2.05, 4.69) is 5.32 Å². The summed E-state index contributed by atoms with van der Waals surface area (Å²) >= 11 is 0. The van der Waals surface area contributed by atoms with Crippen LogP contribution >= 0.6 is 0 Å². The normalized spacial score (nSPS) is 24.2. The summed E-state index contributed by atoms with van der Waals surface area (Å²) in [5.41, 5.74) is -0.162. The first-order valence-electron chi connectivity index (χ1n) is 9.84. The van der Waals surface area contributed by atoms with Gasteiger partial charge in [0.25, 0.3) is 5.91 Å². The maximum absolute atomic E-state index is 12.3. The Labute approximate surface area is 163 Å². The van der Waals surface area contributed by atoms with Crippen molar-refractivity contribution in [3.8, 4) is 11.5 Å². The molecule has 3 N–H and O–H groups in total. The Morgan fingerprint density at radius 1 is 1.18 bits per heavy atom. The molecule has 2 aromatic carbocycles. The van der Waals surface area contributed by atoms with Gasteiger partial charge in [0, 0.05) is 16.8 Å². The molecule has 2 saturated carbocycles. The number of hydrogen-bond donors (Lipinski definition) is 3. The van der Waals surface area contributed by atoms with E-state index >= 15 is 0 Å². The standard InChI is InChI=1S/C22H25NO5/c1-12(17-9-13-6-7-14(17)8-13)23-20(25)11-28-22(27)18-10-19(24)15-4-2-3-5-16(15)21(18)26/h2-5,10,12-14,17,24,26H,6-9,11H2,1H3,(H,23,25)/t12-,13-,14-,17-/m0/s1. The number of hydrogen-bond acceptors (Lipinski definition) is 5. The van der Waals surface area contributed by atoms with E-state index < -0.39 is 12.6 Å². The lowest BCUT2D eigenvalue weighted by atomic mass is 9.84. The van der Waals surface area contributed by atoms with Crippen LogP contribution in [0.2, 0.25) is 0 Å². The van der Waals surface area contributed by atoms with Crippen molar-refractivity contribution in [2.45, 2.75) is 38.6 Å². The van der Waals surface area contributed by atoms with Crippen LogP contribution in [0.5, 0.6) is 11.5 Å². The zero-order chi connectivity index (χ0) is 19.8. The predicted octanol–water partition coefficient (Wildman–Crippen LogP) is 3.35. The van der Waals surface area contributed by atoms with E-state index in [4.69, 9.17) is 4.74 Å². The average molecular weight is 383 g/mol. The van der Waals surface area contributed by atoms with Crippen molar-refractivity contribution in [3.05, 3.63) is 35.9 Å². The molecule has 2 aliphatic rings. The Hall–Kier alpha value is -2.76. The van der Waals surface area contributed by atoms with Crippen LogP contribution in [0.4, 0.5) is 0 Å². The smallest absolute Gasteiger partial charge is 0.342 e. The fraction of sp³-hybridized carbons (Fsp3) is 0.455. The fourth-order valence-electron chi connectivity index (χ4n) is 5.01. The van der Waals surface area contributed by atoms with Gasteiger partial charge in [-0.2, -0.15) is 0 Å². The summed E-state index contributed by atoms with van der Waals surface area (Å²) in [6, 6.07) is 7.88. The molecular formula is C22H25NO5. The van der Waals surface area contributed by atoms with Gasteiger partial charge in [-0.25, -0.2) is 4.79 Å². The summed E-state index contributed by atoms with van der Waals surface area (Å²) in [6.45, 7) is 1.59. The molecule has 2 fully saturated rings. The van der Waals surface area contributed by atoms with Gasteiger partial charge in [-0.1, -0.05) is 30.7 Å². The first-order chi connectivity index (χ1) is 13.4. The Bertz CT molecular complexity index is 925. The van der Waals surface area contributed by atoms with Crippen LogP contribution in [-0.4, -0.2) is 34.7 Å². The number of amides is 1. The van der Waals surface area contributed by atoms with E-state index in [0.29, 0.717) is 22.6 Å². The molecular weight excluding hydrogens is 358 g/mol. The number of carbonyl (C=O) groups is 2. The summed E-state index contributed by atoms with van der Waals surface area (Å²) in [5.74, 6) is 0.397. The first kappa shape index (κ1) is 18.6. The summed E-state index contributed by atoms with van der Waals surface area (Å²) in [7, 11) is 0. The van der Waals surface area contributed by atoms with E-state index in [1.165, 1.54) is 19.3 Å². The largest absolute Gasteiger partial charge is 0.507 e. The summed E-state index contributed by atoms with van der Waals surface area (Å²) < 4.78 is 5.08. The van der Waals surface area contributed by atoms with Gasteiger partial charge in [-0.05, 0) is 50.0 Å². The molecule has 2 bridgehead atoms. The molecule has 0 unspecified atom stereocenters. The van der Waals surface area contributed by atoms with Gasteiger partial charge in [0.2, 0.25) is 0 Å². The highest BCUT2D eigenvalue weighted by Gasteiger charge is 2.42. The third-order valence-electron chi connectivity index (χ3n) is 6.37. The molecule has 4 atom stereocenters. The number of benzene rings is 2. The zero-order valence-corrected chi connectivity index (χ0v) is 15.9. The fourth-order valence-corrected chi connectivity index (χ4v) is 5.01. The summed E-state index contributed by atoms with van der Waals surface area (Å²) in [4.78, 5) is 24.6. The summed E-state index contributed by atoms with van der Waals surface area (Å²) in [6.07, 6.45) is 4.98. The second-order valence-corrected chi connectivity index (χ2v) is 8.11. The number of fused-ring (bicyclic) bond motifs is 3. The number of phenolic OH excluding ortho intramolecular Hbond substituents is 2. The van der Waals surface area contributed by atoms with Crippen molar-refractivity contribution in [3.63, 3.8) is 0 Å². The van der Waals surface area contributed by atoms with Crippen LogP contribution in [0, 0.1) is 17.8 Å². The lowest BCUT2D eigenvalue weighted by Gasteiger charge is -2.28. The molecule has 0 aliphatic heterocycles. The Balaban J connectivity index is 1.37. The monoisotopic (exact) mass is 383 g/mol. The van der Waals surface area contributed by atoms with Crippen molar-refractivity contribution >= 4 is 22.6 Å². The number of aromatic hydroxyl groups is 2. The van der Waals surface area contributed by atoms with Crippen LogP contribution in [-0.2, 0) is 9.53 Å². The van der Waals surface area contributed by atoms with Gasteiger partial charge in [0.1, 0.15) is 17.1 Å². The van der Waals surface area contributed by atoms with E-state index in [9.17, 15) is 19.8 Å². The number of carbonyl (C=O) groups excluding carboxylic acids is 2. The van der Waals surface area contributed by atoms with Gasteiger partial charge >= 0.3 is 5.97 Å². The predicted molar refractivity (Wildman–Crippen MR) is 104 cm³/mol. The molecule has 0 spiro atoms. The van der Waals surface area contributed by atoms with E-state index in [-0.39, 0.29) is 29.0 Å². The topological polar surface area (TPSA) is 95.9 Å². The minimum atomic E-state index is -0.846. The molecule has 0 saturated heterocycles. The third kappa shape index (κ3) is 3.39. The van der Waals surface area contributed by atoms with Crippen LogP contribution in [0.25, 0.3) is 10.8 Å². The second-order valence-electron chi connectivity index (χ2n) is 8.11.